The fourth-order valence-corrected chi connectivity index (χ4v) is 3.46. The second-order valence-corrected chi connectivity index (χ2v) is 6.84. The third kappa shape index (κ3) is 3.54. The van der Waals surface area contributed by atoms with Crippen molar-refractivity contribution in [1.29, 1.82) is 0 Å². The summed E-state index contributed by atoms with van der Waals surface area (Å²) in [5, 5.41) is 10.00. The van der Waals surface area contributed by atoms with Gasteiger partial charge in [-0.05, 0) is 17.0 Å². The molecule has 5 nitrogen and oxygen atoms in total. The lowest BCUT2D eigenvalue weighted by Gasteiger charge is -2.18. The molecule has 1 aliphatic rings. The van der Waals surface area contributed by atoms with Gasteiger partial charge in [-0.15, -0.1) is 0 Å². The van der Waals surface area contributed by atoms with E-state index in [1.165, 1.54) is 0 Å². The van der Waals surface area contributed by atoms with Crippen LogP contribution < -0.4 is 9.44 Å². The topological polar surface area (TPSA) is 78.4 Å². The van der Waals surface area contributed by atoms with Gasteiger partial charge >= 0.3 is 0 Å². The zero-order chi connectivity index (χ0) is 14.0. The summed E-state index contributed by atoms with van der Waals surface area (Å²) in [6, 6.07) is 6.93. The van der Waals surface area contributed by atoms with Crippen molar-refractivity contribution in [1.82, 2.24) is 9.44 Å². The number of rotatable bonds is 5. The van der Waals surface area contributed by atoms with Crippen LogP contribution in [0.1, 0.15) is 31.0 Å². The molecular formula is C13H20N2O3S. The fraction of sp³-hybridized carbons (Fsp3) is 0.538. The molecule has 2 rings (SSSR count). The van der Waals surface area contributed by atoms with Crippen molar-refractivity contribution in [3.05, 3.63) is 35.4 Å². The minimum absolute atomic E-state index is 0.234. The minimum atomic E-state index is -3.60. The summed E-state index contributed by atoms with van der Waals surface area (Å²) in [6.45, 7) is 4.24. The molecule has 3 N–H and O–H groups in total. The number of hydrogen-bond acceptors (Lipinski definition) is 3. The van der Waals surface area contributed by atoms with Crippen LogP contribution in [-0.4, -0.2) is 26.2 Å². The molecule has 0 bridgehead atoms. The average molecular weight is 284 g/mol. The van der Waals surface area contributed by atoms with Crippen LogP contribution in [0.25, 0.3) is 0 Å². The number of nitrogens with one attached hydrogen (secondary N) is 2. The Morgan fingerprint density at radius 2 is 2.05 bits per heavy atom. The Kier molecular flexibility index (Phi) is 4.25. The summed E-state index contributed by atoms with van der Waals surface area (Å²) >= 11 is 0. The van der Waals surface area contributed by atoms with Gasteiger partial charge in [-0.3, -0.25) is 0 Å². The Hall–Kier alpha value is -0.950. The first-order valence-corrected chi connectivity index (χ1v) is 7.90. The van der Waals surface area contributed by atoms with Gasteiger partial charge in [-0.2, -0.15) is 13.1 Å². The zero-order valence-electron chi connectivity index (χ0n) is 11.1. The van der Waals surface area contributed by atoms with Crippen LogP contribution in [0.5, 0.6) is 0 Å². The van der Waals surface area contributed by atoms with Crippen molar-refractivity contribution in [3.8, 4) is 0 Å². The summed E-state index contributed by atoms with van der Waals surface area (Å²) in [5.41, 5.74) is 1.84. The molecule has 0 unspecified atom stereocenters. The van der Waals surface area contributed by atoms with Crippen molar-refractivity contribution in [2.24, 2.45) is 5.92 Å². The molecule has 1 aliphatic carbocycles. The second-order valence-electron chi connectivity index (χ2n) is 5.31. The van der Waals surface area contributed by atoms with Gasteiger partial charge < -0.3 is 5.11 Å². The van der Waals surface area contributed by atoms with Crippen molar-refractivity contribution >= 4 is 10.2 Å². The van der Waals surface area contributed by atoms with Gasteiger partial charge in [-0.1, -0.05) is 38.1 Å². The highest BCUT2D eigenvalue weighted by Crippen LogP contribution is 2.31. The quantitative estimate of drug-likeness (QED) is 0.745. The number of aliphatic hydroxyl groups is 1. The van der Waals surface area contributed by atoms with Crippen LogP contribution in [0.15, 0.2) is 24.3 Å². The van der Waals surface area contributed by atoms with Crippen molar-refractivity contribution in [2.45, 2.75) is 32.4 Å². The molecule has 0 heterocycles. The molecular weight excluding hydrogens is 264 g/mol. The smallest absolute Gasteiger partial charge is 0.277 e. The Bertz CT molecular complexity index is 543. The Balaban J connectivity index is 2.11. The minimum Gasteiger partial charge on any atom is -0.391 e. The third-order valence-electron chi connectivity index (χ3n) is 3.17. The zero-order valence-corrected chi connectivity index (χ0v) is 11.9. The monoisotopic (exact) mass is 284 g/mol. The number of fused-ring (bicyclic) bond motifs is 1. The Labute approximate surface area is 114 Å². The molecule has 0 aliphatic heterocycles. The standard InChI is InChI=1S/C13H20N2O3S/c1-9(2)8-14-19(17,18)15-13-11-6-4-3-5-10(11)7-12(13)16/h3-6,9,12-16H,7-8H2,1-2H3/t12-,13+/m1/s1. The van der Waals surface area contributed by atoms with Crippen molar-refractivity contribution in [3.63, 3.8) is 0 Å². The van der Waals surface area contributed by atoms with Crippen molar-refractivity contribution < 1.29 is 13.5 Å². The van der Waals surface area contributed by atoms with Gasteiger partial charge in [0.15, 0.2) is 0 Å². The summed E-state index contributed by atoms with van der Waals surface area (Å²) in [4.78, 5) is 0. The molecule has 0 aromatic heterocycles. The van der Waals surface area contributed by atoms with Crippen LogP contribution in [0.4, 0.5) is 0 Å². The Morgan fingerprint density at radius 3 is 2.74 bits per heavy atom. The first-order valence-electron chi connectivity index (χ1n) is 6.42. The van der Waals surface area contributed by atoms with Crippen LogP contribution in [0, 0.1) is 5.92 Å². The number of aliphatic hydroxyl groups excluding tert-OH is 1. The summed E-state index contributed by atoms with van der Waals surface area (Å²) in [6.07, 6.45) is -0.235. The lowest BCUT2D eigenvalue weighted by molar-refractivity contribution is 0.151. The normalized spacial score (nSPS) is 22.7. The van der Waals surface area contributed by atoms with Crippen LogP contribution >= 0.6 is 0 Å². The highest BCUT2D eigenvalue weighted by molar-refractivity contribution is 7.87. The van der Waals surface area contributed by atoms with E-state index in [9.17, 15) is 13.5 Å². The molecule has 0 amide bonds. The maximum atomic E-state index is 11.9. The van der Waals surface area contributed by atoms with Gasteiger partial charge in [0.1, 0.15) is 0 Å². The molecule has 106 valence electrons. The lowest BCUT2D eigenvalue weighted by Crippen LogP contribution is -2.42. The van der Waals surface area contributed by atoms with Crippen LogP contribution in [-0.2, 0) is 16.6 Å². The van der Waals surface area contributed by atoms with Gasteiger partial charge in [-0.25, -0.2) is 4.72 Å². The molecule has 2 atom stereocenters. The van der Waals surface area contributed by atoms with E-state index < -0.39 is 22.4 Å². The van der Waals surface area contributed by atoms with E-state index in [4.69, 9.17) is 0 Å². The van der Waals surface area contributed by atoms with E-state index in [2.05, 4.69) is 9.44 Å². The molecule has 19 heavy (non-hydrogen) atoms. The number of hydrogen-bond donors (Lipinski definition) is 3. The molecule has 6 heteroatoms. The van der Waals surface area contributed by atoms with Gasteiger partial charge in [0.25, 0.3) is 10.2 Å². The first kappa shape index (κ1) is 14.5. The van der Waals surface area contributed by atoms with E-state index in [1.54, 1.807) is 0 Å². The van der Waals surface area contributed by atoms with Crippen LogP contribution in [0.2, 0.25) is 0 Å². The first-order chi connectivity index (χ1) is 8.89. The van der Waals surface area contributed by atoms with E-state index in [0.717, 1.165) is 11.1 Å². The summed E-state index contributed by atoms with van der Waals surface area (Å²) in [5.74, 6) is 0.234. The average Bonchev–Trinajstić information content (AvgIpc) is 2.64. The van der Waals surface area contributed by atoms with Crippen LogP contribution in [0.3, 0.4) is 0 Å². The maximum Gasteiger partial charge on any atom is 0.277 e. The summed E-state index contributed by atoms with van der Waals surface area (Å²) < 4.78 is 28.8. The molecule has 1 aromatic rings. The lowest BCUT2D eigenvalue weighted by atomic mass is 10.1. The second kappa shape index (κ2) is 5.58. The molecule has 0 radical (unpaired) electrons. The molecule has 0 fully saturated rings. The predicted molar refractivity (Wildman–Crippen MR) is 73.8 cm³/mol. The predicted octanol–water partition coefficient (Wildman–Crippen LogP) is 0.725. The van der Waals surface area contributed by atoms with E-state index >= 15 is 0 Å². The fourth-order valence-electron chi connectivity index (χ4n) is 2.20. The highest BCUT2D eigenvalue weighted by Gasteiger charge is 2.33. The van der Waals surface area contributed by atoms with Gasteiger partial charge in [0.2, 0.25) is 0 Å². The Morgan fingerprint density at radius 1 is 1.37 bits per heavy atom. The van der Waals surface area contributed by atoms with Crippen molar-refractivity contribution in [2.75, 3.05) is 6.54 Å². The summed E-state index contributed by atoms with van der Waals surface area (Å²) in [7, 11) is -3.60. The maximum absolute atomic E-state index is 11.9. The molecule has 0 spiro atoms. The number of benzene rings is 1. The van der Waals surface area contributed by atoms with Gasteiger partial charge in [0.05, 0.1) is 12.1 Å². The van der Waals surface area contributed by atoms with E-state index in [0.29, 0.717) is 13.0 Å². The molecule has 0 saturated carbocycles. The molecule has 0 saturated heterocycles. The van der Waals surface area contributed by atoms with E-state index in [-0.39, 0.29) is 5.92 Å². The van der Waals surface area contributed by atoms with Gasteiger partial charge in [0, 0.05) is 13.0 Å². The largest absolute Gasteiger partial charge is 0.391 e. The molecule has 1 aromatic carbocycles. The van der Waals surface area contributed by atoms with E-state index in [1.807, 2.05) is 38.1 Å². The third-order valence-corrected chi connectivity index (χ3v) is 4.28. The SMILES string of the molecule is CC(C)CNS(=O)(=O)N[C@H]1c2ccccc2C[C@H]1O. The highest BCUT2D eigenvalue weighted by atomic mass is 32.2.